The summed E-state index contributed by atoms with van der Waals surface area (Å²) in [5.41, 5.74) is 11.1. The number of hydrogen-bond acceptors (Lipinski definition) is 4. The number of fused-ring (bicyclic) bond motifs is 9. The highest BCUT2D eigenvalue weighted by Gasteiger charge is 2.22. The van der Waals surface area contributed by atoms with Gasteiger partial charge in [-0.3, -0.25) is 0 Å². The van der Waals surface area contributed by atoms with E-state index in [1.54, 1.807) is 0 Å². The van der Waals surface area contributed by atoms with Crippen LogP contribution in [0.25, 0.3) is 110 Å². The van der Waals surface area contributed by atoms with Gasteiger partial charge in [-0.1, -0.05) is 127 Å². The molecule has 11 rings (SSSR count). The van der Waals surface area contributed by atoms with E-state index in [9.17, 15) is 0 Å². The maximum absolute atomic E-state index is 6.64. The zero-order valence-electron chi connectivity index (χ0n) is 27.9. The fraction of sp³-hybridized carbons (Fsp3) is 0. The minimum atomic E-state index is 0.622. The standard InChI is InChI=1S/C48H28N2O2/c1-2-10-29(11-3-1)35-24-25-37-36(27-35)28-40(43-38-14-6-8-16-41(38)51-46(37)43)48-49-44(47-45(50-48)39-15-7-9-17-42(39)52-47)32-21-18-31(19-22-32)34-23-20-30-12-4-5-13-33(30)26-34/h1-28H. The van der Waals surface area contributed by atoms with E-state index in [2.05, 4.69) is 133 Å². The number of rotatable bonds is 4. The molecule has 4 heteroatoms. The monoisotopic (exact) mass is 664 g/mol. The van der Waals surface area contributed by atoms with Crippen LogP contribution in [-0.4, -0.2) is 9.97 Å². The highest BCUT2D eigenvalue weighted by molar-refractivity contribution is 6.21. The molecule has 0 aliphatic rings. The third-order valence-electron chi connectivity index (χ3n) is 10.3. The van der Waals surface area contributed by atoms with Crippen molar-refractivity contribution in [2.45, 2.75) is 0 Å². The molecule has 0 amide bonds. The molecule has 0 saturated heterocycles. The first-order valence-electron chi connectivity index (χ1n) is 17.5. The Balaban J connectivity index is 1.16. The lowest BCUT2D eigenvalue weighted by Crippen LogP contribution is -1.95. The van der Waals surface area contributed by atoms with Crippen LogP contribution in [0.2, 0.25) is 0 Å². The van der Waals surface area contributed by atoms with Crippen molar-refractivity contribution < 1.29 is 8.83 Å². The molecule has 0 spiro atoms. The molecule has 4 nitrogen and oxygen atoms in total. The van der Waals surface area contributed by atoms with Gasteiger partial charge in [-0.05, 0) is 80.9 Å². The van der Waals surface area contributed by atoms with Gasteiger partial charge >= 0.3 is 0 Å². The summed E-state index contributed by atoms with van der Waals surface area (Å²) < 4.78 is 13.2. The van der Waals surface area contributed by atoms with Gasteiger partial charge in [-0.25, -0.2) is 9.97 Å². The molecule has 0 aliphatic heterocycles. The second-order valence-corrected chi connectivity index (χ2v) is 13.3. The summed E-state index contributed by atoms with van der Waals surface area (Å²) in [7, 11) is 0. The fourth-order valence-corrected chi connectivity index (χ4v) is 7.70. The number of para-hydroxylation sites is 2. The molecule has 0 radical (unpaired) electrons. The Kier molecular flexibility index (Phi) is 6.22. The van der Waals surface area contributed by atoms with Crippen molar-refractivity contribution in [3.63, 3.8) is 0 Å². The van der Waals surface area contributed by atoms with Crippen molar-refractivity contribution in [2.24, 2.45) is 0 Å². The first-order chi connectivity index (χ1) is 25.7. The van der Waals surface area contributed by atoms with Crippen LogP contribution < -0.4 is 0 Å². The van der Waals surface area contributed by atoms with Crippen molar-refractivity contribution in [1.29, 1.82) is 0 Å². The van der Waals surface area contributed by atoms with Crippen LogP contribution in [0.1, 0.15) is 0 Å². The first-order valence-corrected chi connectivity index (χ1v) is 17.5. The highest BCUT2D eigenvalue weighted by Crippen LogP contribution is 2.43. The van der Waals surface area contributed by atoms with E-state index in [4.69, 9.17) is 18.8 Å². The summed E-state index contributed by atoms with van der Waals surface area (Å²) in [5, 5.41) is 7.55. The smallest absolute Gasteiger partial charge is 0.180 e. The molecule has 242 valence electrons. The molecule has 0 unspecified atom stereocenters. The molecule has 8 aromatic carbocycles. The Morgan fingerprint density at radius 1 is 0.365 bits per heavy atom. The lowest BCUT2D eigenvalue weighted by atomic mass is 9.96. The number of aromatic nitrogens is 2. The number of nitrogens with zero attached hydrogens (tertiary/aromatic N) is 2. The Morgan fingerprint density at radius 3 is 1.79 bits per heavy atom. The Bertz CT molecular complexity index is 3170. The Hall–Kier alpha value is -7.04. The zero-order chi connectivity index (χ0) is 34.2. The summed E-state index contributed by atoms with van der Waals surface area (Å²) in [5.74, 6) is 0.622. The Labute approximate surface area is 298 Å². The van der Waals surface area contributed by atoms with Crippen LogP contribution in [0.4, 0.5) is 0 Å². The average molecular weight is 665 g/mol. The van der Waals surface area contributed by atoms with Crippen LogP contribution in [0.5, 0.6) is 0 Å². The maximum atomic E-state index is 6.64. The predicted molar refractivity (Wildman–Crippen MR) is 213 cm³/mol. The predicted octanol–water partition coefficient (Wildman–Crippen LogP) is 13.2. The van der Waals surface area contributed by atoms with Crippen molar-refractivity contribution in [3.8, 4) is 44.9 Å². The van der Waals surface area contributed by atoms with Gasteiger partial charge in [0.15, 0.2) is 11.4 Å². The third-order valence-corrected chi connectivity index (χ3v) is 10.3. The van der Waals surface area contributed by atoms with Gasteiger partial charge in [0, 0.05) is 32.7 Å². The molecule has 3 aromatic heterocycles. The molecular formula is C48H28N2O2. The number of furan rings is 2. The Morgan fingerprint density at radius 2 is 0.962 bits per heavy atom. The zero-order valence-corrected chi connectivity index (χ0v) is 27.9. The van der Waals surface area contributed by atoms with Gasteiger partial charge in [0.1, 0.15) is 28.0 Å². The topological polar surface area (TPSA) is 52.1 Å². The molecule has 0 saturated carbocycles. The van der Waals surface area contributed by atoms with Crippen LogP contribution in [0.3, 0.4) is 0 Å². The summed E-state index contributed by atoms with van der Waals surface area (Å²) in [4.78, 5) is 10.6. The molecule has 0 atom stereocenters. The van der Waals surface area contributed by atoms with Crippen molar-refractivity contribution in [3.05, 3.63) is 170 Å². The summed E-state index contributed by atoms with van der Waals surface area (Å²) in [6.07, 6.45) is 0. The summed E-state index contributed by atoms with van der Waals surface area (Å²) >= 11 is 0. The van der Waals surface area contributed by atoms with E-state index in [0.29, 0.717) is 11.4 Å². The minimum absolute atomic E-state index is 0.622. The molecular weight excluding hydrogens is 637 g/mol. The molecule has 0 N–H and O–H groups in total. The van der Waals surface area contributed by atoms with Crippen LogP contribution >= 0.6 is 0 Å². The normalized spacial score (nSPS) is 11.8. The maximum Gasteiger partial charge on any atom is 0.180 e. The molecule has 0 fully saturated rings. The second kappa shape index (κ2) is 11.2. The molecule has 52 heavy (non-hydrogen) atoms. The lowest BCUT2D eigenvalue weighted by molar-refractivity contribution is 0.667. The van der Waals surface area contributed by atoms with Crippen LogP contribution in [0.15, 0.2) is 179 Å². The van der Waals surface area contributed by atoms with Crippen LogP contribution in [0, 0.1) is 0 Å². The summed E-state index contributed by atoms with van der Waals surface area (Å²) in [6.45, 7) is 0. The van der Waals surface area contributed by atoms with Gasteiger partial charge in [-0.15, -0.1) is 0 Å². The van der Waals surface area contributed by atoms with Gasteiger partial charge in [0.05, 0.1) is 0 Å². The first kappa shape index (κ1) is 28.8. The quantitative estimate of drug-likeness (QED) is 0.188. The van der Waals surface area contributed by atoms with Crippen molar-refractivity contribution >= 4 is 65.6 Å². The van der Waals surface area contributed by atoms with Gasteiger partial charge in [0.2, 0.25) is 0 Å². The van der Waals surface area contributed by atoms with Crippen molar-refractivity contribution in [2.75, 3.05) is 0 Å². The molecule has 3 heterocycles. The lowest BCUT2D eigenvalue weighted by Gasteiger charge is -2.11. The fourth-order valence-electron chi connectivity index (χ4n) is 7.70. The highest BCUT2D eigenvalue weighted by atomic mass is 16.3. The van der Waals surface area contributed by atoms with Crippen molar-refractivity contribution in [1.82, 2.24) is 9.97 Å². The van der Waals surface area contributed by atoms with E-state index in [0.717, 1.165) is 82.7 Å². The number of hydrogen-bond donors (Lipinski definition) is 0. The molecule has 0 bridgehead atoms. The summed E-state index contributed by atoms with van der Waals surface area (Å²) in [6, 6.07) is 59.2. The van der Waals surface area contributed by atoms with E-state index < -0.39 is 0 Å². The van der Waals surface area contributed by atoms with E-state index in [-0.39, 0.29) is 0 Å². The van der Waals surface area contributed by atoms with Gasteiger partial charge in [-0.2, -0.15) is 0 Å². The SMILES string of the molecule is c1ccc(-c2ccc3c(c2)cc(-c2nc(-c4ccc(-c5ccc6ccccc6c5)cc4)c4oc5ccccc5c4n2)c2c4ccccc4oc32)cc1. The molecule has 0 aliphatic carbocycles. The second-order valence-electron chi connectivity index (χ2n) is 13.3. The van der Waals surface area contributed by atoms with E-state index >= 15 is 0 Å². The third kappa shape index (κ3) is 4.48. The van der Waals surface area contributed by atoms with E-state index in [1.165, 1.54) is 16.3 Å². The van der Waals surface area contributed by atoms with Crippen LogP contribution in [-0.2, 0) is 0 Å². The average Bonchev–Trinajstić information content (AvgIpc) is 3.79. The van der Waals surface area contributed by atoms with Gasteiger partial charge in [0.25, 0.3) is 0 Å². The minimum Gasteiger partial charge on any atom is -0.455 e. The number of benzene rings is 8. The largest absolute Gasteiger partial charge is 0.455 e. The molecule has 11 aromatic rings. The van der Waals surface area contributed by atoms with Gasteiger partial charge < -0.3 is 8.83 Å². The van der Waals surface area contributed by atoms with E-state index in [1.807, 2.05) is 36.4 Å².